The summed E-state index contributed by atoms with van der Waals surface area (Å²) in [6.07, 6.45) is 9.84. The highest BCUT2D eigenvalue weighted by Crippen LogP contribution is 2.67. The van der Waals surface area contributed by atoms with Crippen LogP contribution >= 0.6 is 0 Å². The molecule has 5 unspecified atom stereocenters. The van der Waals surface area contributed by atoms with Gasteiger partial charge in [-0.15, -0.1) is 0 Å². The number of nitrogens with one attached hydrogen (secondary N) is 1. The molecule has 0 aromatic rings. The first-order chi connectivity index (χ1) is 14.0. The van der Waals surface area contributed by atoms with Crippen LogP contribution in [0, 0.1) is 62.1 Å². The molecule has 5 atom stereocenters. The second-order valence-electron chi connectivity index (χ2n) is 9.14. The Morgan fingerprint density at radius 1 is 1.03 bits per heavy atom. The topological polar surface area (TPSA) is 114 Å². The largest absolute Gasteiger partial charge is 0.447 e. The molecule has 0 aromatic carbocycles. The molecule has 3 aliphatic rings. The van der Waals surface area contributed by atoms with E-state index in [2.05, 4.69) is 32.1 Å². The number of rotatable bonds is 8. The molecule has 0 amide bonds. The van der Waals surface area contributed by atoms with Crippen LogP contribution in [0.4, 0.5) is 0 Å². The van der Waals surface area contributed by atoms with Crippen LogP contribution in [0.15, 0.2) is 0 Å². The van der Waals surface area contributed by atoms with Crippen LogP contribution < -0.4 is 0 Å². The van der Waals surface area contributed by atoms with Gasteiger partial charge < -0.3 is 9.47 Å². The average molecular weight is 397 g/mol. The zero-order valence-corrected chi connectivity index (χ0v) is 17.7. The number of nitriles is 3. The van der Waals surface area contributed by atoms with Crippen LogP contribution in [0.1, 0.15) is 84.5 Å². The lowest BCUT2D eigenvalue weighted by atomic mass is 9.51. The minimum absolute atomic E-state index is 0.246. The summed E-state index contributed by atoms with van der Waals surface area (Å²) in [5, 5.41) is 39.0. The average Bonchev–Trinajstić information content (AvgIpc) is 2.92. The van der Waals surface area contributed by atoms with Crippen molar-refractivity contribution in [3.63, 3.8) is 0 Å². The van der Waals surface area contributed by atoms with Crippen molar-refractivity contribution in [2.45, 2.75) is 96.4 Å². The summed E-state index contributed by atoms with van der Waals surface area (Å²) < 4.78 is 12.3. The lowest BCUT2D eigenvalue weighted by Crippen LogP contribution is -2.63. The van der Waals surface area contributed by atoms with E-state index >= 15 is 0 Å². The highest BCUT2D eigenvalue weighted by atomic mass is 16.7. The fourth-order valence-corrected chi connectivity index (χ4v) is 5.69. The molecule has 29 heavy (non-hydrogen) atoms. The zero-order valence-electron chi connectivity index (χ0n) is 17.7. The summed E-state index contributed by atoms with van der Waals surface area (Å²) in [5.41, 5.74) is -3.25. The van der Waals surface area contributed by atoms with E-state index < -0.39 is 28.6 Å². The molecule has 1 N–H and O–H groups in total. The SMILES string of the molecule is CCCCCCCCCC1OC23CCC(C)CC2C(C#N)(C(=N)O3)C1(C#N)C#N. The van der Waals surface area contributed by atoms with E-state index in [0.717, 1.165) is 25.7 Å². The second-order valence-corrected chi connectivity index (χ2v) is 9.14. The molecular weight excluding hydrogens is 364 g/mol. The van der Waals surface area contributed by atoms with Crippen LogP contribution in [0.2, 0.25) is 0 Å². The molecule has 1 aliphatic carbocycles. The van der Waals surface area contributed by atoms with Crippen molar-refractivity contribution >= 4 is 5.90 Å². The van der Waals surface area contributed by atoms with Gasteiger partial charge in [-0.1, -0.05) is 58.8 Å². The summed E-state index contributed by atoms with van der Waals surface area (Å²) in [6, 6.07) is 6.55. The number of nitrogens with zero attached hydrogens (tertiary/aromatic N) is 3. The minimum atomic E-state index is -1.71. The first kappa shape index (κ1) is 21.6. The van der Waals surface area contributed by atoms with Crippen LogP contribution in [-0.4, -0.2) is 17.8 Å². The summed E-state index contributed by atoms with van der Waals surface area (Å²) in [7, 11) is 0. The summed E-state index contributed by atoms with van der Waals surface area (Å²) in [4.78, 5) is 0. The van der Waals surface area contributed by atoms with E-state index in [1.807, 2.05) is 0 Å². The van der Waals surface area contributed by atoms with Gasteiger partial charge in [0.15, 0.2) is 10.8 Å². The maximum Gasteiger partial charge on any atom is 0.217 e. The number of unbranched alkanes of at least 4 members (excludes halogenated alkanes) is 6. The predicted octanol–water partition coefficient (Wildman–Crippen LogP) is 5.21. The van der Waals surface area contributed by atoms with Crippen LogP contribution in [0.25, 0.3) is 0 Å². The van der Waals surface area contributed by atoms with E-state index in [-0.39, 0.29) is 5.90 Å². The molecule has 0 spiro atoms. The van der Waals surface area contributed by atoms with Gasteiger partial charge in [0, 0.05) is 6.42 Å². The Morgan fingerprint density at radius 3 is 2.31 bits per heavy atom. The second kappa shape index (κ2) is 8.33. The Bertz CT molecular complexity index is 746. The minimum Gasteiger partial charge on any atom is -0.447 e. The highest BCUT2D eigenvalue weighted by molar-refractivity contribution is 5.89. The van der Waals surface area contributed by atoms with Gasteiger partial charge in [0.25, 0.3) is 0 Å². The molecule has 0 aromatic heterocycles. The smallest absolute Gasteiger partial charge is 0.217 e. The monoisotopic (exact) mass is 396 g/mol. The van der Waals surface area contributed by atoms with Gasteiger partial charge in [-0.3, -0.25) is 5.41 Å². The van der Waals surface area contributed by atoms with E-state index in [9.17, 15) is 15.8 Å². The third-order valence-corrected chi connectivity index (χ3v) is 7.36. The van der Waals surface area contributed by atoms with Crippen molar-refractivity contribution < 1.29 is 9.47 Å². The van der Waals surface area contributed by atoms with Gasteiger partial charge >= 0.3 is 0 Å². The Kier molecular flexibility index (Phi) is 6.21. The van der Waals surface area contributed by atoms with Crippen LogP contribution in [0.5, 0.6) is 0 Å². The Hall–Kier alpha value is -2.10. The van der Waals surface area contributed by atoms with Gasteiger partial charge in [-0.2, -0.15) is 15.8 Å². The van der Waals surface area contributed by atoms with Crippen molar-refractivity contribution in [3.8, 4) is 18.2 Å². The fraction of sp³-hybridized carbons (Fsp3) is 0.826. The summed E-state index contributed by atoms with van der Waals surface area (Å²) >= 11 is 0. The van der Waals surface area contributed by atoms with Crippen LogP contribution in [-0.2, 0) is 9.47 Å². The molecule has 6 nitrogen and oxygen atoms in total. The van der Waals surface area contributed by atoms with Gasteiger partial charge in [0.05, 0.1) is 30.2 Å². The van der Waals surface area contributed by atoms with Crippen molar-refractivity contribution in [3.05, 3.63) is 0 Å². The highest BCUT2D eigenvalue weighted by Gasteiger charge is 2.80. The first-order valence-corrected chi connectivity index (χ1v) is 11.2. The maximum atomic E-state index is 10.2. The zero-order chi connectivity index (χ0) is 21.1. The molecule has 2 aliphatic heterocycles. The lowest BCUT2D eigenvalue weighted by Gasteiger charge is -2.52. The van der Waals surface area contributed by atoms with E-state index in [1.54, 1.807) is 0 Å². The van der Waals surface area contributed by atoms with Gasteiger partial charge in [-0.05, 0) is 25.2 Å². The number of ether oxygens (including phenoxy) is 2. The fourth-order valence-electron chi connectivity index (χ4n) is 5.69. The van der Waals surface area contributed by atoms with Crippen molar-refractivity contribution in [1.82, 2.24) is 0 Å². The third-order valence-electron chi connectivity index (χ3n) is 7.36. The van der Waals surface area contributed by atoms with Gasteiger partial charge in [-0.25, -0.2) is 0 Å². The van der Waals surface area contributed by atoms with Gasteiger partial charge in [0.1, 0.15) is 0 Å². The lowest BCUT2D eigenvalue weighted by molar-refractivity contribution is -0.296. The molecule has 156 valence electrons. The quantitative estimate of drug-likeness (QED) is 0.566. The van der Waals surface area contributed by atoms with Gasteiger partial charge in [0.2, 0.25) is 11.7 Å². The molecule has 1 saturated carbocycles. The molecule has 2 heterocycles. The molecule has 2 saturated heterocycles. The normalized spacial score (nSPS) is 36.9. The maximum absolute atomic E-state index is 10.2. The van der Waals surface area contributed by atoms with Crippen molar-refractivity contribution in [2.75, 3.05) is 0 Å². The summed E-state index contributed by atoms with van der Waals surface area (Å²) in [5.74, 6) is -1.37. The Morgan fingerprint density at radius 2 is 1.69 bits per heavy atom. The third kappa shape index (κ3) is 3.12. The Labute approximate surface area is 174 Å². The molecule has 0 radical (unpaired) electrons. The molecule has 6 heteroatoms. The molecule has 3 rings (SSSR count). The summed E-state index contributed by atoms with van der Waals surface area (Å²) in [6.45, 7) is 4.30. The number of hydrogen-bond acceptors (Lipinski definition) is 6. The molecule has 3 fully saturated rings. The van der Waals surface area contributed by atoms with E-state index in [1.165, 1.54) is 25.7 Å². The molecule has 2 bridgehead atoms. The van der Waals surface area contributed by atoms with E-state index in [0.29, 0.717) is 25.2 Å². The molecular formula is C23H32N4O2. The van der Waals surface area contributed by atoms with Crippen molar-refractivity contribution in [2.24, 2.45) is 22.7 Å². The number of hydrogen-bond donors (Lipinski definition) is 1. The Balaban J connectivity index is 1.84. The predicted molar refractivity (Wildman–Crippen MR) is 107 cm³/mol. The van der Waals surface area contributed by atoms with E-state index in [4.69, 9.17) is 14.9 Å². The first-order valence-electron chi connectivity index (χ1n) is 11.2. The van der Waals surface area contributed by atoms with Crippen LogP contribution in [0.3, 0.4) is 0 Å². The van der Waals surface area contributed by atoms with Crippen molar-refractivity contribution in [1.29, 1.82) is 21.2 Å². The standard InChI is InChI=1S/C23H32N4O2/c1-3-4-5-6-7-8-9-10-19-21(14-24,15-25)22(16-26)18-13-17(2)11-12-23(18,28-19)29-20(22)27/h17-19,27H,3-13H2,1-2H3.